The maximum atomic E-state index is 11.8. The molecule has 1 aromatic rings. The molecule has 1 fully saturated rings. The van der Waals surface area contributed by atoms with Crippen molar-refractivity contribution in [3.8, 4) is 0 Å². The number of hydrogen-bond acceptors (Lipinski definition) is 5. The summed E-state index contributed by atoms with van der Waals surface area (Å²) < 4.78 is 26.1. The van der Waals surface area contributed by atoms with E-state index in [1.165, 1.54) is 0 Å². The first kappa shape index (κ1) is 14.4. The maximum Gasteiger partial charge on any atom is 0.212 e. The number of nitrogens with one attached hydrogen (secondary N) is 2. The highest BCUT2D eigenvalue weighted by Gasteiger charge is 2.32. The van der Waals surface area contributed by atoms with Gasteiger partial charge in [-0.05, 0) is 25.1 Å². The van der Waals surface area contributed by atoms with Crippen molar-refractivity contribution in [2.24, 2.45) is 0 Å². The molecule has 1 aliphatic heterocycles. The van der Waals surface area contributed by atoms with Crippen molar-refractivity contribution >= 4 is 10.0 Å². The molecule has 0 radical (unpaired) electrons. The summed E-state index contributed by atoms with van der Waals surface area (Å²) in [7, 11) is -3.38. The number of nitrogens with zero attached hydrogens (tertiary/aromatic N) is 1. The summed E-state index contributed by atoms with van der Waals surface area (Å²) in [5.74, 6) is -0.0203. The van der Waals surface area contributed by atoms with Gasteiger partial charge in [0.2, 0.25) is 10.0 Å². The number of aryl methyl sites for hydroxylation is 1. The minimum atomic E-state index is -3.38. The second kappa shape index (κ2) is 5.96. The first-order valence-electron chi connectivity index (χ1n) is 6.30. The Balaban J connectivity index is 1.82. The third kappa shape index (κ3) is 4.54. The molecular formula is C12H19N3O3S. The van der Waals surface area contributed by atoms with Crippen LogP contribution in [0.1, 0.15) is 12.1 Å². The lowest BCUT2D eigenvalue weighted by Crippen LogP contribution is -2.45. The van der Waals surface area contributed by atoms with Gasteiger partial charge in [-0.15, -0.1) is 0 Å². The van der Waals surface area contributed by atoms with E-state index in [1.54, 1.807) is 18.3 Å². The summed E-state index contributed by atoms with van der Waals surface area (Å²) in [5.41, 5.74) is -0.216. The van der Waals surface area contributed by atoms with Gasteiger partial charge in [0.15, 0.2) is 0 Å². The number of hydrogen-bond donors (Lipinski definition) is 3. The monoisotopic (exact) mass is 285 g/mol. The molecule has 106 valence electrons. The zero-order valence-corrected chi connectivity index (χ0v) is 11.5. The van der Waals surface area contributed by atoms with Crippen LogP contribution in [0.4, 0.5) is 0 Å². The summed E-state index contributed by atoms with van der Waals surface area (Å²) in [5, 5.41) is 13.1. The van der Waals surface area contributed by atoms with Crippen LogP contribution in [-0.4, -0.2) is 49.5 Å². The van der Waals surface area contributed by atoms with Crippen LogP contribution in [-0.2, 0) is 16.4 Å². The normalized spacial score (nSPS) is 23.6. The van der Waals surface area contributed by atoms with E-state index in [4.69, 9.17) is 0 Å². The number of aromatic nitrogens is 1. The van der Waals surface area contributed by atoms with E-state index in [2.05, 4.69) is 15.0 Å². The molecule has 0 bridgehead atoms. The molecule has 7 heteroatoms. The Bertz CT molecular complexity index is 498. The zero-order chi connectivity index (χ0) is 13.8. The molecule has 19 heavy (non-hydrogen) atoms. The van der Waals surface area contributed by atoms with Crippen LogP contribution in [0.5, 0.6) is 0 Å². The van der Waals surface area contributed by atoms with Gasteiger partial charge in [-0.1, -0.05) is 6.07 Å². The molecule has 0 aliphatic carbocycles. The van der Waals surface area contributed by atoms with Crippen molar-refractivity contribution in [1.29, 1.82) is 0 Å². The van der Waals surface area contributed by atoms with Crippen molar-refractivity contribution in [2.75, 3.05) is 25.4 Å². The SMILES string of the molecule is O=S(=O)(CCc1ccccn1)NCC1(O)CCNC1. The Morgan fingerprint density at radius 3 is 2.95 bits per heavy atom. The Morgan fingerprint density at radius 2 is 2.32 bits per heavy atom. The van der Waals surface area contributed by atoms with Crippen molar-refractivity contribution < 1.29 is 13.5 Å². The van der Waals surface area contributed by atoms with E-state index >= 15 is 0 Å². The van der Waals surface area contributed by atoms with Crippen molar-refractivity contribution in [3.05, 3.63) is 30.1 Å². The van der Waals surface area contributed by atoms with Crippen molar-refractivity contribution in [3.63, 3.8) is 0 Å². The lowest BCUT2D eigenvalue weighted by Gasteiger charge is -2.21. The van der Waals surface area contributed by atoms with Crippen LogP contribution in [0.25, 0.3) is 0 Å². The fraction of sp³-hybridized carbons (Fsp3) is 0.583. The standard InChI is InChI=1S/C12H19N3O3S/c16-12(5-7-13-9-12)10-15-19(17,18)8-4-11-3-1-2-6-14-11/h1-3,6,13,15-16H,4-5,7-10H2. The fourth-order valence-electron chi connectivity index (χ4n) is 1.98. The molecule has 2 rings (SSSR count). The summed E-state index contributed by atoms with van der Waals surface area (Å²) in [6, 6.07) is 5.41. The first-order chi connectivity index (χ1) is 8.99. The predicted molar refractivity (Wildman–Crippen MR) is 72.2 cm³/mol. The van der Waals surface area contributed by atoms with Gasteiger partial charge in [-0.2, -0.15) is 0 Å². The quantitative estimate of drug-likeness (QED) is 0.641. The van der Waals surface area contributed by atoms with Gasteiger partial charge in [0.05, 0.1) is 11.4 Å². The Morgan fingerprint density at radius 1 is 1.47 bits per heavy atom. The van der Waals surface area contributed by atoms with Gasteiger partial charge >= 0.3 is 0 Å². The van der Waals surface area contributed by atoms with Gasteiger partial charge in [0.25, 0.3) is 0 Å². The minimum absolute atomic E-state index is 0.0203. The Hall–Kier alpha value is -1.02. The topological polar surface area (TPSA) is 91.3 Å². The molecule has 3 N–H and O–H groups in total. The molecule has 1 aromatic heterocycles. The summed E-state index contributed by atoms with van der Waals surface area (Å²) in [6.07, 6.45) is 2.57. The average Bonchev–Trinajstić information content (AvgIpc) is 2.84. The Kier molecular flexibility index (Phi) is 4.51. The third-order valence-electron chi connectivity index (χ3n) is 3.20. The van der Waals surface area contributed by atoms with E-state index in [-0.39, 0.29) is 12.3 Å². The molecule has 0 amide bonds. The molecule has 0 saturated carbocycles. The average molecular weight is 285 g/mol. The van der Waals surface area contributed by atoms with Gasteiger partial charge in [0.1, 0.15) is 0 Å². The number of β-amino-alcohol motifs (C(OH)–C–C–N with tert-alkyl or cyclic N) is 1. The number of sulfonamides is 1. The Labute approximate surface area is 113 Å². The lowest BCUT2D eigenvalue weighted by molar-refractivity contribution is 0.0668. The van der Waals surface area contributed by atoms with Gasteiger partial charge in [-0.3, -0.25) is 4.98 Å². The van der Waals surface area contributed by atoms with Crippen LogP contribution in [0.2, 0.25) is 0 Å². The molecule has 0 spiro atoms. The highest BCUT2D eigenvalue weighted by Crippen LogP contribution is 2.13. The van der Waals surface area contributed by atoms with Crippen LogP contribution in [0.3, 0.4) is 0 Å². The van der Waals surface area contributed by atoms with Crippen molar-refractivity contribution in [2.45, 2.75) is 18.4 Å². The molecular weight excluding hydrogens is 266 g/mol. The second-order valence-corrected chi connectivity index (χ2v) is 6.79. The summed E-state index contributed by atoms with van der Waals surface area (Å²) >= 11 is 0. The zero-order valence-electron chi connectivity index (χ0n) is 10.7. The van der Waals surface area contributed by atoms with Crippen molar-refractivity contribution in [1.82, 2.24) is 15.0 Å². The highest BCUT2D eigenvalue weighted by molar-refractivity contribution is 7.89. The second-order valence-electron chi connectivity index (χ2n) is 4.86. The van der Waals surface area contributed by atoms with Crippen LogP contribution in [0, 0.1) is 0 Å². The summed E-state index contributed by atoms with van der Waals surface area (Å²) in [4.78, 5) is 4.08. The van der Waals surface area contributed by atoms with Crippen LogP contribution in [0.15, 0.2) is 24.4 Å². The van der Waals surface area contributed by atoms with E-state index in [1.807, 2.05) is 6.07 Å². The van der Waals surface area contributed by atoms with Gasteiger partial charge in [-0.25, -0.2) is 13.1 Å². The predicted octanol–water partition coefficient (Wildman–Crippen LogP) is -0.732. The maximum absolute atomic E-state index is 11.8. The number of aliphatic hydroxyl groups is 1. The lowest BCUT2D eigenvalue weighted by atomic mass is 10.1. The molecule has 1 atom stereocenters. The fourth-order valence-corrected chi connectivity index (χ4v) is 3.09. The smallest absolute Gasteiger partial charge is 0.212 e. The van der Waals surface area contributed by atoms with E-state index in [9.17, 15) is 13.5 Å². The van der Waals surface area contributed by atoms with E-state index in [0.29, 0.717) is 25.9 Å². The van der Waals surface area contributed by atoms with Crippen LogP contribution >= 0.6 is 0 Å². The third-order valence-corrected chi connectivity index (χ3v) is 4.52. The molecule has 1 aliphatic rings. The van der Waals surface area contributed by atoms with Gasteiger partial charge < -0.3 is 10.4 Å². The first-order valence-corrected chi connectivity index (χ1v) is 7.95. The van der Waals surface area contributed by atoms with E-state index in [0.717, 1.165) is 5.69 Å². The van der Waals surface area contributed by atoms with Gasteiger partial charge in [0, 0.05) is 31.4 Å². The summed E-state index contributed by atoms with van der Waals surface area (Å²) in [6.45, 7) is 1.20. The van der Waals surface area contributed by atoms with E-state index < -0.39 is 15.6 Å². The minimum Gasteiger partial charge on any atom is -0.387 e. The number of pyridine rings is 1. The largest absolute Gasteiger partial charge is 0.387 e. The molecule has 1 unspecified atom stereocenters. The van der Waals surface area contributed by atoms with Crippen LogP contribution < -0.4 is 10.0 Å². The number of rotatable bonds is 6. The molecule has 6 nitrogen and oxygen atoms in total. The molecule has 1 saturated heterocycles. The molecule has 0 aromatic carbocycles. The molecule has 2 heterocycles. The highest BCUT2D eigenvalue weighted by atomic mass is 32.2.